The zero-order chi connectivity index (χ0) is 9.35. The Labute approximate surface area is 94.8 Å². The highest BCUT2D eigenvalue weighted by Gasteiger charge is 2.28. The minimum absolute atomic E-state index is 0.374. The topological polar surface area (TPSA) is 15.6 Å². The van der Waals surface area contributed by atoms with Crippen LogP contribution in [0.2, 0.25) is 0 Å². The molecule has 0 fully saturated rings. The van der Waals surface area contributed by atoms with Crippen LogP contribution < -0.4 is 0 Å². The van der Waals surface area contributed by atoms with Gasteiger partial charge >= 0.3 is 0 Å². The third kappa shape index (κ3) is 2.57. The molecule has 0 aromatic heterocycles. The Morgan fingerprint density at radius 2 is 2.00 bits per heavy atom. The summed E-state index contributed by atoms with van der Waals surface area (Å²) in [7, 11) is 0. The molecule has 0 N–H and O–H groups in total. The summed E-state index contributed by atoms with van der Waals surface area (Å²) in [4.78, 5) is 3.77. The van der Waals surface area contributed by atoms with Crippen LogP contribution in [0.25, 0.3) is 0 Å². The summed E-state index contributed by atoms with van der Waals surface area (Å²) >= 11 is 27.9. The van der Waals surface area contributed by atoms with Gasteiger partial charge in [0.05, 0.1) is 0 Å². The van der Waals surface area contributed by atoms with Crippen molar-refractivity contribution < 1.29 is 0 Å². The van der Waals surface area contributed by atoms with E-state index in [0.717, 1.165) is 4.42 Å². The van der Waals surface area contributed by atoms with Gasteiger partial charge in [0, 0.05) is 29.8 Å². The number of allylic oxidation sites excluding steroid dienone is 1. The second-order valence-electron chi connectivity index (χ2n) is 2.02. The van der Waals surface area contributed by atoms with Crippen LogP contribution in [0.5, 0.6) is 0 Å². The molecule has 0 saturated carbocycles. The molecule has 0 aromatic rings. The van der Waals surface area contributed by atoms with Crippen LogP contribution in [0, 0.1) is 0 Å². The second kappa shape index (κ2) is 3.81. The molecule has 12 heavy (non-hydrogen) atoms. The summed E-state index contributed by atoms with van der Waals surface area (Å²) in [6.45, 7) is 0. The number of aliphatic imine (C=N–C) groups is 1. The third-order valence-electron chi connectivity index (χ3n) is 1.13. The predicted octanol–water partition coefficient (Wildman–Crippen LogP) is 3.30. The highest BCUT2D eigenvalue weighted by Crippen LogP contribution is 2.35. The molecule has 0 bridgehead atoms. The Hall–Kier alpha value is 0.660. The highest BCUT2D eigenvalue weighted by atomic mass is 35.6. The van der Waals surface area contributed by atoms with Gasteiger partial charge in [-0.3, -0.25) is 9.41 Å². The molecular formula is C5H3Cl5N2. The molecule has 68 valence electrons. The second-order valence-corrected chi connectivity index (χ2v) is 5.08. The Bertz CT molecular complexity index is 230. The van der Waals surface area contributed by atoms with E-state index in [9.17, 15) is 0 Å². The molecule has 1 aliphatic rings. The molecule has 1 aliphatic heterocycles. The van der Waals surface area contributed by atoms with Crippen molar-refractivity contribution in [2.75, 3.05) is 0 Å². The molecule has 0 spiro atoms. The lowest BCUT2D eigenvalue weighted by Gasteiger charge is -2.22. The smallest absolute Gasteiger partial charge is 0.218 e. The fourth-order valence-electron chi connectivity index (χ4n) is 0.580. The van der Waals surface area contributed by atoms with E-state index in [1.807, 2.05) is 0 Å². The molecular weight excluding hydrogens is 265 g/mol. The van der Waals surface area contributed by atoms with Crippen molar-refractivity contribution in [3.05, 3.63) is 11.8 Å². The van der Waals surface area contributed by atoms with E-state index in [-0.39, 0.29) is 0 Å². The first kappa shape index (κ1) is 10.7. The predicted molar refractivity (Wildman–Crippen MR) is 54.2 cm³/mol. The largest absolute Gasteiger partial charge is 0.254 e. The maximum Gasteiger partial charge on any atom is 0.218 e. The number of rotatable bonds is 0. The van der Waals surface area contributed by atoms with E-state index in [0.29, 0.717) is 5.57 Å². The number of hydrogen-bond acceptors (Lipinski definition) is 2. The number of nitrogens with zero attached hydrogens (tertiary/aromatic N) is 2. The van der Waals surface area contributed by atoms with E-state index in [1.54, 1.807) is 0 Å². The Kier molecular flexibility index (Phi) is 3.41. The molecule has 0 amide bonds. The molecule has 1 unspecified atom stereocenters. The van der Waals surface area contributed by atoms with E-state index in [1.165, 1.54) is 12.4 Å². The fourth-order valence-corrected chi connectivity index (χ4v) is 1.14. The van der Waals surface area contributed by atoms with Gasteiger partial charge in [0.2, 0.25) is 9.42 Å². The molecule has 7 heteroatoms. The van der Waals surface area contributed by atoms with Crippen molar-refractivity contribution in [3.63, 3.8) is 0 Å². The van der Waals surface area contributed by atoms with Crippen molar-refractivity contribution in [2.45, 2.75) is 9.42 Å². The van der Waals surface area contributed by atoms with Crippen LogP contribution in [0.4, 0.5) is 0 Å². The van der Waals surface area contributed by atoms with Crippen LogP contribution >= 0.6 is 58.2 Å². The molecule has 0 aromatic carbocycles. The summed E-state index contributed by atoms with van der Waals surface area (Å²) in [5.74, 6) is 0. The standard InChI is InChI=1S/C5H3Cl5N2/c6-4-11-1-3(2-12(4)10)5(7,8)9/h1-2,4H. The normalized spacial score (nSPS) is 24.2. The van der Waals surface area contributed by atoms with Crippen molar-refractivity contribution >= 4 is 64.4 Å². The van der Waals surface area contributed by atoms with Crippen molar-refractivity contribution in [3.8, 4) is 0 Å². The lowest BCUT2D eigenvalue weighted by Crippen LogP contribution is -2.23. The number of halogens is 5. The maximum atomic E-state index is 5.60. The third-order valence-corrected chi connectivity index (χ3v) is 2.49. The van der Waals surface area contributed by atoms with Gasteiger partial charge < -0.3 is 0 Å². The molecule has 1 rings (SSSR count). The van der Waals surface area contributed by atoms with E-state index >= 15 is 0 Å². The monoisotopic (exact) mass is 266 g/mol. The van der Waals surface area contributed by atoms with Gasteiger partial charge in [-0.15, -0.1) is 0 Å². The van der Waals surface area contributed by atoms with Crippen molar-refractivity contribution in [1.29, 1.82) is 0 Å². The molecule has 0 saturated heterocycles. The van der Waals surface area contributed by atoms with E-state index in [4.69, 9.17) is 58.2 Å². The van der Waals surface area contributed by atoms with E-state index < -0.39 is 9.42 Å². The summed E-state index contributed by atoms with van der Waals surface area (Å²) < 4.78 is -0.396. The van der Waals surface area contributed by atoms with Gasteiger partial charge in [0.15, 0.2) is 0 Å². The summed E-state index contributed by atoms with van der Waals surface area (Å²) in [5, 5.41) is 0. The zero-order valence-electron chi connectivity index (χ0n) is 5.52. The Morgan fingerprint density at radius 3 is 2.42 bits per heavy atom. The minimum Gasteiger partial charge on any atom is -0.254 e. The van der Waals surface area contributed by atoms with Crippen LogP contribution in [-0.4, -0.2) is 20.1 Å². The van der Waals surface area contributed by atoms with Gasteiger partial charge in [-0.25, -0.2) is 0 Å². The first-order valence-electron chi connectivity index (χ1n) is 2.81. The molecule has 1 heterocycles. The summed E-state index contributed by atoms with van der Waals surface area (Å²) in [6, 6.07) is 0. The molecule has 0 radical (unpaired) electrons. The van der Waals surface area contributed by atoms with Gasteiger partial charge in [-0.05, 0) is 0 Å². The van der Waals surface area contributed by atoms with Gasteiger partial charge in [0.1, 0.15) is 0 Å². The maximum absolute atomic E-state index is 5.60. The number of hydrogen-bond donors (Lipinski definition) is 0. The van der Waals surface area contributed by atoms with Gasteiger partial charge in [-0.2, -0.15) is 0 Å². The lowest BCUT2D eigenvalue weighted by atomic mass is 10.3. The average Bonchev–Trinajstić information content (AvgIpc) is 1.92. The summed E-state index contributed by atoms with van der Waals surface area (Å²) in [6.07, 6.45) is 2.79. The molecule has 2 nitrogen and oxygen atoms in total. The van der Waals surface area contributed by atoms with Crippen LogP contribution in [0.1, 0.15) is 0 Å². The lowest BCUT2D eigenvalue weighted by molar-refractivity contribution is 0.559. The highest BCUT2D eigenvalue weighted by molar-refractivity contribution is 6.70. The first-order chi connectivity index (χ1) is 5.41. The van der Waals surface area contributed by atoms with Crippen LogP contribution in [0.15, 0.2) is 16.8 Å². The zero-order valence-corrected chi connectivity index (χ0v) is 9.30. The van der Waals surface area contributed by atoms with Gasteiger partial charge in [0.25, 0.3) is 0 Å². The molecule has 0 aliphatic carbocycles. The number of alkyl halides is 4. The quantitative estimate of drug-likeness (QED) is 0.374. The van der Waals surface area contributed by atoms with Gasteiger partial charge in [-0.1, -0.05) is 46.4 Å². The first-order valence-corrected chi connectivity index (χ1v) is 4.72. The van der Waals surface area contributed by atoms with Crippen LogP contribution in [0.3, 0.4) is 0 Å². The van der Waals surface area contributed by atoms with Crippen molar-refractivity contribution in [2.24, 2.45) is 4.99 Å². The SMILES string of the molecule is ClC1N=CC(C(Cl)(Cl)Cl)=CN1Cl. The van der Waals surface area contributed by atoms with Crippen molar-refractivity contribution in [1.82, 2.24) is 4.42 Å². The Balaban J connectivity index is 2.84. The fraction of sp³-hybridized carbons (Fsp3) is 0.400. The van der Waals surface area contributed by atoms with Crippen LogP contribution in [-0.2, 0) is 0 Å². The molecule has 1 atom stereocenters. The van der Waals surface area contributed by atoms with E-state index in [2.05, 4.69) is 4.99 Å². The minimum atomic E-state index is -1.52. The average molecular weight is 268 g/mol. The Morgan fingerprint density at radius 1 is 1.42 bits per heavy atom. The summed E-state index contributed by atoms with van der Waals surface area (Å²) in [5.41, 5.74) is -0.276.